The van der Waals surface area contributed by atoms with Crippen molar-refractivity contribution in [3.8, 4) is 17.1 Å². The Balaban J connectivity index is 1.44. The minimum atomic E-state index is -0.571. The number of methoxy groups -OCH3 is 1. The Morgan fingerprint density at radius 3 is 2.73 bits per heavy atom. The molecule has 0 amide bonds. The Bertz CT molecular complexity index is 1510. The molecule has 0 bridgehead atoms. The molecule has 3 aromatic heterocycles. The number of rotatable bonds is 7. The van der Waals surface area contributed by atoms with Gasteiger partial charge in [0.2, 0.25) is 11.8 Å². The van der Waals surface area contributed by atoms with E-state index in [0.717, 1.165) is 12.8 Å². The number of hydrogen-bond donors (Lipinski definition) is 2. The van der Waals surface area contributed by atoms with Crippen LogP contribution in [-0.2, 0) is 7.05 Å². The summed E-state index contributed by atoms with van der Waals surface area (Å²) in [5.41, 5.74) is 0.907. The first kappa shape index (κ1) is 25.2. The summed E-state index contributed by atoms with van der Waals surface area (Å²) < 4.78 is 24.7. The number of hydrogen-bond acceptors (Lipinski definition) is 9. The van der Waals surface area contributed by atoms with E-state index >= 15 is 0 Å². The molecule has 0 saturated heterocycles. The third-order valence-electron chi connectivity index (χ3n) is 6.22. The largest absolute Gasteiger partial charge is 0.480 e. The van der Waals surface area contributed by atoms with Crippen molar-refractivity contribution in [3.05, 3.63) is 57.9 Å². The zero-order chi connectivity index (χ0) is 25.9. The van der Waals surface area contributed by atoms with Crippen LogP contribution in [0.2, 0.25) is 5.02 Å². The number of halogens is 2. The van der Waals surface area contributed by atoms with E-state index in [1.165, 1.54) is 61.2 Å². The molecule has 0 spiro atoms. The summed E-state index contributed by atoms with van der Waals surface area (Å²) in [4.78, 5) is 31.4. The zero-order valence-electron chi connectivity index (χ0n) is 20.3. The Hall–Kier alpha value is -3.44. The third kappa shape index (κ3) is 5.47. The first-order chi connectivity index (χ1) is 17.9. The lowest BCUT2D eigenvalue weighted by molar-refractivity contribution is 0.387. The van der Waals surface area contributed by atoms with Crippen molar-refractivity contribution in [2.24, 2.45) is 7.05 Å². The SMILES string of the molecule is COc1ncc(Cl)cc1SNc1ccc(F)c(-c2nc3cnc(NC4CCCCC4)nc3n(C)c2=O)c1. The van der Waals surface area contributed by atoms with Crippen molar-refractivity contribution in [1.29, 1.82) is 0 Å². The molecule has 37 heavy (non-hydrogen) atoms. The van der Waals surface area contributed by atoms with Gasteiger partial charge in [-0.1, -0.05) is 30.9 Å². The van der Waals surface area contributed by atoms with Crippen molar-refractivity contribution in [2.75, 3.05) is 17.1 Å². The molecule has 9 nitrogen and oxygen atoms in total. The van der Waals surface area contributed by atoms with Crippen LogP contribution in [0.25, 0.3) is 22.4 Å². The van der Waals surface area contributed by atoms with Crippen LogP contribution in [0, 0.1) is 5.82 Å². The molecular weight excluding hydrogens is 517 g/mol. The Labute approximate surface area is 222 Å². The molecule has 3 heterocycles. The first-order valence-corrected chi connectivity index (χ1v) is 13.0. The maximum absolute atomic E-state index is 14.9. The van der Waals surface area contributed by atoms with Gasteiger partial charge in [0.15, 0.2) is 5.65 Å². The second-order valence-corrected chi connectivity index (χ2v) is 10.1. The summed E-state index contributed by atoms with van der Waals surface area (Å²) in [5.74, 6) is 0.286. The van der Waals surface area contributed by atoms with Gasteiger partial charge < -0.3 is 14.8 Å². The molecule has 0 atom stereocenters. The lowest BCUT2D eigenvalue weighted by Crippen LogP contribution is -2.25. The van der Waals surface area contributed by atoms with Crippen LogP contribution in [0.1, 0.15) is 32.1 Å². The van der Waals surface area contributed by atoms with Gasteiger partial charge in [0.05, 0.1) is 23.2 Å². The Morgan fingerprint density at radius 2 is 1.95 bits per heavy atom. The molecule has 0 unspecified atom stereocenters. The fraction of sp³-hybridized carbons (Fsp3) is 0.320. The number of aromatic nitrogens is 5. The second-order valence-electron chi connectivity index (χ2n) is 8.77. The van der Waals surface area contributed by atoms with E-state index in [0.29, 0.717) is 44.6 Å². The first-order valence-electron chi connectivity index (χ1n) is 11.9. The van der Waals surface area contributed by atoms with Gasteiger partial charge in [-0.05, 0) is 49.1 Å². The van der Waals surface area contributed by atoms with Crippen LogP contribution in [0.4, 0.5) is 16.0 Å². The maximum atomic E-state index is 14.9. The molecule has 0 radical (unpaired) electrons. The van der Waals surface area contributed by atoms with Crippen molar-refractivity contribution in [2.45, 2.75) is 43.0 Å². The molecule has 4 aromatic rings. The lowest BCUT2D eigenvalue weighted by atomic mass is 9.96. The summed E-state index contributed by atoms with van der Waals surface area (Å²) in [6.07, 6.45) is 8.79. The number of ether oxygens (including phenoxy) is 1. The highest BCUT2D eigenvalue weighted by Crippen LogP contribution is 2.32. The summed E-state index contributed by atoms with van der Waals surface area (Å²) in [6, 6.07) is 6.40. The highest BCUT2D eigenvalue weighted by atomic mass is 35.5. The van der Waals surface area contributed by atoms with Crippen molar-refractivity contribution < 1.29 is 9.13 Å². The van der Waals surface area contributed by atoms with Crippen molar-refractivity contribution in [1.82, 2.24) is 24.5 Å². The van der Waals surface area contributed by atoms with Crippen molar-refractivity contribution >= 4 is 46.3 Å². The van der Waals surface area contributed by atoms with Crippen LogP contribution in [-0.4, -0.2) is 37.7 Å². The van der Waals surface area contributed by atoms with Gasteiger partial charge in [-0.15, -0.1) is 0 Å². The molecule has 1 fully saturated rings. The van der Waals surface area contributed by atoms with E-state index < -0.39 is 11.4 Å². The number of nitrogens with one attached hydrogen (secondary N) is 2. The van der Waals surface area contributed by atoms with E-state index in [-0.39, 0.29) is 11.3 Å². The standard InChI is InChI=1S/C25H25ClFN7O2S/c1-34-22-19(13-29-25(32-22)30-15-6-4-3-5-7-15)31-21(24(34)35)17-11-16(8-9-18(17)27)33-37-20-10-14(26)12-28-23(20)36-2/h8-13,15,33H,3-7H2,1-2H3,(H,29,30,32). The molecule has 5 rings (SSSR count). The summed E-state index contributed by atoms with van der Waals surface area (Å²) >= 11 is 7.25. The highest BCUT2D eigenvalue weighted by Gasteiger charge is 2.19. The highest BCUT2D eigenvalue weighted by molar-refractivity contribution is 8.00. The fourth-order valence-electron chi connectivity index (χ4n) is 4.31. The van der Waals surface area contributed by atoms with E-state index in [1.807, 2.05) is 0 Å². The van der Waals surface area contributed by atoms with E-state index in [1.54, 1.807) is 25.4 Å². The average Bonchev–Trinajstić information content (AvgIpc) is 2.91. The van der Waals surface area contributed by atoms with Crippen LogP contribution in [0.15, 0.2) is 46.3 Å². The number of anilines is 2. The van der Waals surface area contributed by atoms with Gasteiger partial charge in [0, 0.05) is 30.5 Å². The average molecular weight is 542 g/mol. The van der Waals surface area contributed by atoms with Crippen LogP contribution in [0.5, 0.6) is 5.88 Å². The fourth-order valence-corrected chi connectivity index (χ4v) is 5.30. The molecule has 2 N–H and O–H groups in total. The monoisotopic (exact) mass is 541 g/mol. The van der Waals surface area contributed by atoms with Gasteiger partial charge in [-0.3, -0.25) is 9.36 Å². The normalized spacial score (nSPS) is 14.1. The predicted molar refractivity (Wildman–Crippen MR) is 144 cm³/mol. The zero-order valence-corrected chi connectivity index (χ0v) is 21.9. The molecule has 1 saturated carbocycles. The molecule has 1 aromatic carbocycles. The van der Waals surface area contributed by atoms with Gasteiger partial charge in [-0.2, -0.15) is 4.98 Å². The number of aryl methyl sites for hydroxylation is 1. The van der Waals surface area contributed by atoms with Gasteiger partial charge in [0.25, 0.3) is 5.56 Å². The summed E-state index contributed by atoms with van der Waals surface area (Å²) in [6.45, 7) is 0. The lowest BCUT2D eigenvalue weighted by Gasteiger charge is -2.22. The molecular formula is C25H25ClFN7O2S. The molecule has 12 heteroatoms. The van der Waals surface area contributed by atoms with E-state index in [9.17, 15) is 9.18 Å². The number of fused-ring (bicyclic) bond motifs is 1. The third-order valence-corrected chi connectivity index (χ3v) is 7.28. The van der Waals surface area contributed by atoms with Gasteiger partial charge in [-0.25, -0.2) is 19.3 Å². The predicted octanol–water partition coefficient (Wildman–Crippen LogP) is 5.45. The van der Waals surface area contributed by atoms with E-state index in [4.69, 9.17) is 16.3 Å². The minimum absolute atomic E-state index is 0.0280. The molecule has 1 aliphatic carbocycles. The van der Waals surface area contributed by atoms with Gasteiger partial charge >= 0.3 is 0 Å². The van der Waals surface area contributed by atoms with Gasteiger partial charge in [0.1, 0.15) is 17.0 Å². The Morgan fingerprint density at radius 1 is 1.14 bits per heavy atom. The molecule has 1 aliphatic rings. The number of nitrogens with zero attached hydrogens (tertiary/aromatic N) is 5. The smallest absolute Gasteiger partial charge is 0.278 e. The Kier molecular flexibility index (Phi) is 7.43. The molecule has 0 aliphatic heterocycles. The minimum Gasteiger partial charge on any atom is -0.480 e. The topological polar surface area (TPSA) is 107 Å². The maximum Gasteiger partial charge on any atom is 0.278 e. The van der Waals surface area contributed by atoms with Crippen LogP contribution < -0.4 is 20.3 Å². The van der Waals surface area contributed by atoms with Crippen LogP contribution >= 0.6 is 23.5 Å². The summed E-state index contributed by atoms with van der Waals surface area (Å²) in [7, 11) is 3.11. The quantitative estimate of drug-likeness (QED) is 0.295. The van der Waals surface area contributed by atoms with Crippen molar-refractivity contribution in [3.63, 3.8) is 0 Å². The van der Waals surface area contributed by atoms with Crippen LogP contribution in [0.3, 0.4) is 0 Å². The number of benzene rings is 1. The van der Waals surface area contributed by atoms with E-state index in [2.05, 4.69) is 30.0 Å². The molecule has 192 valence electrons. The second kappa shape index (κ2) is 10.9. The summed E-state index contributed by atoms with van der Waals surface area (Å²) in [5, 5.41) is 3.82. The number of pyridine rings is 1.